The summed E-state index contributed by atoms with van der Waals surface area (Å²) in [7, 11) is 0. The van der Waals surface area contributed by atoms with Crippen molar-refractivity contribution in [2.45, 2.75) is 13.8 Å². The minimum Gasteiger partial charge on any atom is -0.494 e. The standard InChI is InChI=1S/C19H18N2O2S/c1-3-23-16-10-8-15(9-11-16)21-18(22)17(20-19(21)24)12-14-6-4-13(2)5-7-14/h4-12H,3H2,1-2H3,(H,20,24)/b17-12+. The molecule has 24 heavy (non-hydrogen) atoms. The Bertz CT molecular complexity index is 795. The molecule has 2 aromatic rings. The maximum atomic E-state index is 12.7. The lowest BCUT2D eigenvalue weighted by Crippen LogP contribution is -2.30. The van der Waals surface area contributed by atoms with Crippen LogP contribution in [0.1, 0.15) is 18.1 Å². The van der Waals surface area contributed by atoms with Crippen molar-refractivity contribution < 1.29 is 9.53 Å². The summed E-state index contributed by atoms with van der Waals surface area (Å²) in [4.78, 5) is 14.2. The third kappa shape index (κ3) is 3.31. The first-order valence-corrected chi connectivity index (χ1v) is 8.16. The van der Waals surface area contributed by atoms with Crippen molar-refractivity contribution in [2.75, 3.05) is 11.5 Å². The molecule has 0 spiro atoms. The Balaban J connectivity index is 1.84. The topological polar surface area (TPSA) is 41.6 Å². The Morgan fingerprint density at radius 2 is 1.79 bits per heavy atom. The molecule has 0 saturated carbocycles. The molecule has 4 nitrogen and oxygen atoms in total. The highest BCUT2D eigenvalue weighted by molar-refractivity contribution is 7.80. The normalized spacial score (nSPS) is 15.8. The lowest BCUT2D eigenvalue weighted by atomic mass is 10.1. The number of hydrogen-bond acceptors (Lipinski definition) is 3. The summed E-state index contributed by atoms with van der Waals surface area (Å²) in [6.45, 7) is 4.56. The summed E-state index contributed by atoms with van der Waals surface area (Å²) >= 11 is 5.32. The fourth-order valence-corrected chi connectivity index (χ4v) is 2.76. The van der Waals surface area contributed by atoms with E-state index in [0.717, 1.165) is 11.3 Å². The highest BCUT2D eigenvalue weighted by Crippen LogP contribution is 2.25. The molecule has 1 heterocycles. The van der Waals surface area contributed by atoms with Crippen LogP contribution in [0.2, 0.25) is 0 Å². The quantitative estimate of drug-likeness (QED) is 0.682. The fourth-order valence-electron chi connectivity index (χ4n) is 2.46. The summed E-state index contributed by atoms with van der Waals surface area (Å²) in [6, 6.07) is 15.3. The van der Waals surface area contributed by atoms with Crippen molar-refractivity contribution in [3.63, 3.8) is 0 Å². The lowest BCUT2D eigenvalue weighted by molar-refractivity contribution is -0.113. The fraction of sp³-hybridized carbons (Fsp3) is 0.158. The first-order valence-electron chi connectivity index (χ1n) is 7.75. The molecule has 3 rings (SSSR count). The minimum atomic E-state index is -0.162. The van der Waals surface area contributed by atoms with E-state index in [9.17, 15) is 4.79 Å². The van der Waals surface area contributed by atoms with E-state index in [-0.39, 0.29) is 5.91 Å². The van der Waals surface area contributed by atoms with Crippen molar-refractivity contribution >= 4 is 35.0 Å². The SMILES string of the molecule is CCOc1ccc(N2C(=O)/C(=C\c3ccc(C)cc3)NC2=S)cc1. The Morgan fingerprint density at radius 3 is 2.42 bits per heavy atom. The average molecular weight is 338 g/mol. The number of benzene rings is 2. The highest BCUT2D eigenvalue weighted by atomic mass is 32.1. The minimum absolute atomic E-state index is 0.162. The van der Waals surface area contributed by atoms with Crippen molar-refractivity contribution in [3.8, 4) is 5.75 Å². The number of anilines is 1. The number of carbonyl (C=O) groups is 1. The van der Waals surface area contributed by atoms with Gasteiger partial charge in [-0.1, -0.05) is 29.8 Å². The van der Waals surface area contributed by atoms with E-state index in [4.69, 9.17) is 17.0 Å². The second-order valence-electron chi connectivity index (χ2n) is 5.47. The molecule has 122 valence electrons. The lowest BCUT2D eigenvalue weighted by Gasteiger charge is -2.14. The zero-order valence-electron chi connectivity index (χ0n) is 13.6. The maximum Gasteiger partial charge on any atom is 0.281 e. The summed E-state index contributed by atoms with van der Waals surface area (Å²) in [6.07, 6.45) is 1.81. The van der Waals surface area contributed by atoms with Gasteiger partial charge >= 0.3 is 0 Å². The van der Waals surface area contributed by atoms with E-state index < -0.39 is 0 Å². The molecule has 1 aliphatic rings. The van der Waals surface area contributed by atoms with Crippen molar-refractivity contribution in [1.29, 1.82) is 0 Å². The second-order valence-corrected chi connectivity index (χ2v) is 5.85. The number of aryl methyl sites for hydroxylation is 1. The van der Waals surface area contributed by atoms with Gasteiger partial charge in [-0.25, -0.2) is 0 Å². The second kappa shape index (κ2) is 6.84. The molecule has 1 amide bonds. The van der Waals surface area contributed by atoms with Crippen LogP contribution in [0.5, 0.6) is 5.75 Å². The third-order valence-electron chi connectivity index (χ3n) is 3.67. The monoisotopic (exact) mass is 338 g/mol. The predicted octanol–water partition coefficient (Wildman–Crippen LogP) is 3.66. The molecular weight excluding hydrogens is 320 g/mol. The first-order chi connectivity index (χ1) is 11.6. The molecule has 2 aromatic carbocycles. The number of ether oxygens (including phenoxy) is 1. The van der Waals surface area contributed by atoms with Crippen LogP contribution < -0.4 is 15.0 Å². The summed E-state index contributed by atoms with van der Waals surface area (Å²) < 4.78 is 5.42. The van der Waals surface area contributed by atoms with Crippen molar-refractivity contribution in [3.05, 3.63) is 65.4 Å². The van der Waals surface area contributed by atoms with Gasteiger partial charge in [-0.2, -0.15) is 0 Å². The molecule has 0 bridgehead atoms. The number of thiocarbonyl (C=S) groups is 1. The molecule has 5 heteroatoms. The van der Waals surface area contributed by atoms with Gasteiger partial charge in [0.2, 0.25) is 0 Å². The largest absolute Gasteiger partial charge is 0.494 e. The van der Waals surface area contributed by atoms with Gasteiger partial charge in [0.25, 0.3) is 5.91 Å². The zero-order valence-corrected chi connectivity index (χ0v) is 14.4. The maximum absolute atomic E-state index is 12.7. The van der Waals surface area contributed by atoms with Crippen LogP contribution in [-0.4, -0.2) is 17.6 Å². The van der Waals surface area contributed by atoms with Gasteiger partial charge in [0.05, 0.1) is 12.3 Å². The van der Waals surface area contributed by atoms with E-state index in [1.54, 1.807) is 0 Å². The molecule has 1 N–H and O–H groups in total. The molecule has 0 aliphatic carbocycles. The first kappa shape index (κ1) is 16.2. The van der Waals surface area contributed by atoms with Crippen LogP contribution in [0.25, 0.3) is 6.08 Å². The van der Waals surface area contributed by atoms with Crippen molar-refractivity contribution in [1.82, 2.24) is 5.32 Å². The van der Waals surface area contributed by atoms with Crippen LogP contribution in [0.4, 0.5) is 5.69 Å². The van der Waals surface area contributed by atoms with E-state index in [1.807, 2.05) is 68.5 Å². The van der Waals surface area contributed by atoms with Gasteiger partial charge in [0, 0.05) is 0 Å². The van der Waals surface area contributed by atoms with Crippen molar-refractivity contribution in [2.24, 2.45) is 0 Å². The Morgan fingerprint density at radius 1 is 1.12 bits per heavy atom. The van der Waals surface area contributed by atoms with E-state index >= 15 is 0 Å². The summed E-state index contributed by atoms with van der Waals surface area (Å²) in [5.41, 5.74) is 3.31. The number of nitrogens with zero attached hydrogens (tertiary/aromatic N) is 1. The average Bonchev–Trinajstić information content (AvgIpc) is 2.85. The van der Waals surface area contributed by atoms with Gasteiger partial charge in [-0.15, -0.1) is 0 Å². The van der Waals surface area contributed by atoms with Gasteiger partial charge in [0.1, 0.15) is 11.4 Å². The van der Waals surface area contributed by atoms with E-state index in [0.29, 0.717) is 23.1 Å². The van der Waals surface area contributed by atoms with Crippen LogP contribution in [0.3, 0.4) is 0 Å². The molecule has 1 saturated heterocycles. The Labute approximate surface area is 146 Å². The van der Waals surface area contributed by atoms with Crippen LogP contribution >= 0.6 is 12.2 Å². The van der Waals surface area contributed by atoms with Gasteiger partial charge in [-0.05, 0) is 62.0 Å². The van der Waals surface area contributed by atoms with E-state index in [2.05, 4.69) is 5.32 Å². The predicted molar refractivity (Wildman–Crippen MR) is 100.0 cm³/mol. The Kier molecular flexibility index (Phi) is 4.62. The van der Waals surface area contributed by atoms with E-state index in [1.165, 1.54) is 10.5 Å². The number of rotatable bonds is 4. The molecule has 1 aliphatic heterocycles. The molecule has 0 atom stereocenters. The zero-order chi connectivity index (χ0) is 17.1. The van der Waals surface area contributed by atoms with Gasteiger partial charge in [0.15, 0.2) is 5.11 Å². The smallest absolute Gasteiger partial charge is 0.281 e. The van der Waals surface area contributed by atoms with Crippen LogP contribution in [-0.2, 0) is 4.79 Å². The molecule has 0 aromatic heterocycles. The molecular formula is C19H18N2O2S. The number of carbonyl (C=O) groups excluding carboxylic acids is 1. The number of hydrogen-bond donors (Lipinski definition) is 1. The summed E-state index contributed by atoms with van der Waals surface area (Å²) in [5, 5.41) is 3.37. The summed E-state index contributed by atoms with van der Waals surface area (Å²) in [5.74, 6) is 0.604. The van der Waals surface area contributed by atoms with Crippen LogP contribution in [0.15, 0.2) is 54.2 Å². The molecule has 0 unspecified atom stereocenters. The Hall–Kier alpha value is -2.66. The van der Waals surface area contributed by atoms with Gasteiger partial charge in [-0.3, -0.25) is 9.69 Å². The molecule has 0 radical (unpaired) electrons. The third-order valence-corrected chi connectivity index (χ3v) is 3.96. The molecule has 1 fully saturated rings. The number of nitrogens with one attached hydrogen (secondary N) is 1. The highest BCUT2D eigenvalue weighted by Gasteiger charge is 2.31. The van der Waals surface area contributed by atoms with Crippen LogP contribution in [0, 0.1) is 6.92 Å². The number of amides is 1. The van der Waals surface area contributed by atoms with Gasteiger partial charge < -0.3 is 10.1 Å².